The minimum absolute atomic E-state index is 0.0138. The van der Waals surface area contributed by atoms with Gasteiger partial charge in [0, 0.05) is 20.6 Å². The summed E-state index contributed by atoms with van der Waals surface area (Å²) >= 11 is 9.33. The van der Waals surface area contributed by atoms with Crippen molar-refractivity contribution in [1.29, 1.82) is 0 Å². The molecule has 0 saturated heterocycles. The van der Waals surface area contributed by atoms with Crippen LogP contribution in [0.4, 0.5) is 20.2 Å². The van der Waals surface area contributed by atoms with Crippen molar-refractivity contribution in [3.63, 3.8) is 0 Å². The first-order chi connectivity index (χ1) is 15.3. The van der Waals surface area contributed by atoms with Gasteiger partial charge in [0.2, 0.25) is 11.8 Å². The summed E-state index contributed by atoms with van der Waals surface area (Å²) in [5.74, 6) is -2.19. The van der Waals surface area contributed by atoms with Gasteiger partial charge in [0.1, 0.15) is 24.7 Å². The van der Waals surface area contributed by atoms with Gasteiger partial charge in [-0.25, -0.2) is 8.78 Å². The van der Waals surface area contributed by atoms with Gasteiger partial charge in [-0.15, -0.1) is 0 Å². The number of benzene rings is 3. The van der Waals surface area contributed by atoms with Crippen molar-refractivity contribution < 1.29 is 18.4 Å². The number of carbonyl (C=O) groups is 2. The van der Waals surface area contributed by atoms with Crippen LogP contribution in [0.3, 0.4) is 0 Å². The van der Waals surface area contributed by atoms with Gasteiger partial charge < -0.3 is 10.2 Å². The van der Waals surface area contributed by atoms with Gasteiger partial charge in [-0.1, -0.05) is 39.7 Å². The summed E-state index contributed by atoms with van der Waals surface area (Å²) in [6.07, 6.45) is 0. The van der Waals surface area contributed by atoms with Crippen LogP contribution in [-0.4, -0.2) is 30.6 Å². The van der Waals surface area contributed by atoms with Gasteiger partial charge in [0.25, 0.3) is 0 Å². The number of fused-ring (bicyclic) bond motifs is 1. The summed E-state index contributed by atoms with van der Waals surface area (Å²) in [4.78, 5) is 31.1. The van der Waals surface area contributed by atoms with Gasteiger partial charge in [0.15, 0.2) is 0 Å². The highest BCUT2D eigenvalue weighted by Crippen LogP contribution is 2.30. The standard InChI is InChI=1S/C23H15BrClF2N3O2/c24-13-5-7-19(18(27)9-13)29-21(31)12-30-20-8-6-14(25)10-16(20)23(28-11-22(30)32)15-3-1-2-4-17(15)26/h1-10H,11-12H2,(H,29,31). The first-order valence-electron chi connectivity index (χ1n) is 9.48. The maximum Gasteiger partial charge on any atom is 0.249 e. The van der Waals surface area contributed by atoms with Crippen LogP contribution in [0.25, 0.3) is 0 Å². The molecule has 0 saturated carbocycles. The summed E-state index contributed by atoms with van der Waals surface area (Å²) in [7, 11) is 0. The zero-order chi connectivity index (χ0) is 22.8. The molecule has 32 heavy (non-hydrogen) atoms. The fourth-order valence-corrected chi connectivity index (χ4v) is 3.87. The molecule has 162 valence electrons. The van der Waals surface area contributed by atoms with Gasteiger partial charge in [-0.3, -0.25) is 14.6 Å². The number of rotatable bonds is 4. The van der Waals surface area contributed by atoms with E-state index >= 15 is 0 Å². The van der Waals surface area contributed by atoms with Gasteiger partial charge in [0.05, 0.1) is 17.1 Å². The molecular formula is C23H15BrClF2N3O2. The van der Waals surface area contributed by atoms with Crippen molar-refractivity contribution in [1.82, 2.24) is 0 Å². The Balaban J connectivity index is 1.69. The maximum absolute atomic E-state index is 14.5. The van der Waals surface area contributed by atoms with E-state index in [1.165, 1.54) is 23.1 Å². The second-order valence-corrected chi connectivity index (χ2v) is 8.31. The molecule has 5 nitrogen and oxygen atoms in total. The Morgan fingerprint density at radius 3 is 2.59 bits per heavy atom. The fraction of sp³-hybridized carbons (Fsp3) is 0.0870. The van der Waals surface area contributed by atoms with Crippen LogP contribution in [0, 0.1) is 11.6 Å². The Hall–Kier alpha value is -3.10. The number of benzodiazepines with no additional fused rings is 1. The van der Waals surface area contributed by atoms with E-state index in [2.05, 4.69) is 26.2 Å². The highest BCUT2D eigenvalue weighted by molar-refractivity contribution is 9.10. The first-order valence-corrected chi connectivity index (χ1v) is 10.6. The van der Waals surface area contributed by atoms with E-state index in [0.29, 0.717) is 20.7 Å². The summed E-state index contributed by atoms with van der Waals surface area (Å²) in [5.41, 5.74) is 1.23. The summed E-state index contributed by atoms with van der Waals surface area (Å²) < 4.78 is 29.1. The number of anilines is 2. The Morgan fingerprint density at radius 2 is 1.84 bits per heavy atom. The quantitative estimate of drug-likeness (QED) is 0.516. The topological polar surface area (TPSA) is 61.8 Å². The smallest absolute Gasteiger partial charge is 0.249 e. The lowest BCUT2D eigenvalue weighted by atomic mass is 9.99. The molecule has 0 radical (unpaired) electrons. The highest BCUT2D eigenvalue weighted by atomic mass is 79.9. The molecule has 0 unspecified atom stereocenters. The second-order valence-electron chi connectivity index (χ2n) is 6.96. The monoisotopic (exact) mass is 517 g/mol. The molecule has 1 N–H and O–H groups in total. The molecule has 0 atom stereocenters. The van der Waals surface area contributed by atoms with Crippen molar-refractivity contribution in [3.05, 3.63) is 92.9 Å². The molecule has 9 heteroatoms. The van der Waals surface area contributed by atoms with Crippen LogP contribution in [0.2, 0.25) is 5.02 Å². The van der Waals surface area contributed by atoms with Crippen molar-refractivity contribution >= 4 is 56.4 Å². The predicted molar refractivity (Wildman–Crippen MR) is 123 cm³/mol. The maximum atomic E-state index is 14.5. The molecule has 0 aromatic heterocycles. The molecule has 1 aliphatic heterocycles. The minimum atomic E-state index is -0.618. The molecule has 1 heterocycles. The molecular weight excluding hydrogens is 504 g/mol. The molecule has 0 fully saturated rings. The normalized spacial score (nSPS) is 13.3. The van der Waals surface area contributed by atoms with Crippen molar-refractivity contribution in [2.75, 3.05) is 23.3 Å². The second kappa shape index (κ2) is 9.18. The van der Waals surface area contributed by atoms with Crippen molar-refractivity contribution in [3.8, 4) is 0 Å². The Bertz CT molecular complexity index is 1270. The van der Waals surface area contributed by atoms with Crippen LogP contribution < -0.4 is 10.2 Å². The lowest BCUT2D eigenvalue weighted by molar-refractivity contribution is -0.120. The molecule has 2 amide bonds. The van der Waals surface area contributed by atoms with Gasteiger partial charge in [-0.05, 0) is 48.5 Å². The summed E-state index contributed by atoms with van der Waals surface area (Å²) in [6.45, 7) is -0.682. The Kier molecular flexibility index (Phi) is 6.34. The molecule has 0 aliphatic carbocycles. The molecule has 1 aliphatic rings. The van der Waals surface area contributed by atoms with Gasteiger partial charge >= 0.3 is 0 Å². The van der Waals surface area contributed by atoms with Crippen LogP contribution in [0.15, 0.2) is 70.1 Å². The third-order valence-corrected chi connectivity index (χ3v) is 5.54. The van der Waals surface area contributed by atoms with Crippen LogP contribution in [0.5, 0.6) is 0 Å². The number of amides is 2. The number of halogens is 4. The average molecular weight is 519 g/mol. The first kappa shape index (κ1) is 22.1. The lowest BCUT2D eigenvalue weighted by Crippen LogP contribution is -2.39. The SMILES string of the molecule is O=C(CN1C(=O)CN=C(c2ccccc2F)c2cc(Cl)ccc21)Nc1ccc(Br)cc1F. The number of hydrogen-bond acceptors (Lipinski definition) is 3. The Morgan fingerprint density at radius 1 is 1.06 bits per heavy atom. The lowest BCUT2D eigenvalue weighted by Gasteiger charge is -2.23. The van der Waals surface area contributed by atoms with E-state index in [4.69, 9.17) is 11.6 Å². The number of carbonyl (C=O) groups excluding carboxylic acids is 2. The van der Waals surface area contributed by atoms with E-state index in [9.17, 15) is 18.4 Å². The zero-order valence-electron chi connectivity index (χ0n) is 16.4. The minimum Gasteiger partial charge on any atom is -0.322 e. The number of aliphatic imine (C=N–C) groups is 1. The van der Waals surface area contributed by atoms with E-state index < -0.39 is 23.4 Å². The van der Waals surface area contributed by atoms with Crippen LogP contribution >= 0.6 is 27.5 Å². The molecule has 3 aromatic carbocycles. The highest BCUT2D eigenvalue weighted by Gasteiger charge is 2.28. The largest absolute Gasteiger partial charge is 0.322 e. The zero-order valence-corrected chi connectivity index (χ0v) is 18.8. The number of nitrogens with zero attached hydrogens (tertiary/aromatic N) is 2. The number of nitrogens with one attached hydrogen (secondary N) is 1. The molecule has 3 aromatic rings. The Labute approximate surface area is 195 Å². The van der Waals surface area contributed by atoms with Crippen LogP contribution in [-0.2, 0) is 9.59 Å². The average Bonchev–Trinajstić information content (AvgIpc) is 2.87. The van der Waals surface area contributed by atoms with Gasteiger partial charge in [-0.2, -0.15) is 0 Å². The van der Waals surface area contributed by atoms with E-state index in [0.717, 1.165) is 0 Å². The van der Waals surface area contributed by atoms with Crippen molar-refractivity contribution in [2.45, 2.75) is 0 Å². The van der Waals surface area contributed by atoms with Crippen molar-refractivity contribution in [2.24, 2.45) is 4.99 Å². The number of hydrogen-bond donors (Lipinski definition) is 1. The third kappa shape index (κ3) is 4.56. The van der Waals surface area contributed by atoms with E-state index in [1.54, 1.807) is 42.5 Å². The summed E-state index contributed by atoms with van der Waals surface area (Å²) in [6, 6.07) is 15.0. The third-order valence-electron chi connectivity index (χ3n) is 4.81. The van der Waals surface area contributed by atoms with E-state index in [-0.39, 0.29) is 30.1 Å². The molecule has 0 spiro atoms. The predicted octanol–water partition coefficient (Wildman–Crippen LogP) is 5.20. The molecule has 0 bridgehead atoms. The van der Waals surface area contributed by atoms with Crippen LogP contribution in [0.1, 0.15) is 11.1 Å². The fourth-order valence-electron chi connectivity index (χ4n) is 3.37. The summed E-state index contributed by atoms with van der Waals surface area (Å²) in [5, 5.41) is 2.83. The molecule has 4 rings (SSSR count). The van der Waals surface area contributed by atoms with E-state index in [1.807, 2.05) is 0 Å².